The number of anilines is 1. The molecule has 1 aliphatic heterocycles. The predicted octanol–water partition coefficient (Wildman–Crippen LogP) is 2.25. The zero-order chi connectivity index (χ0) is 20.6. The van der Waals surface area contributed by atoms with Gasteiger partial charge in [0.25, 0.3) is 5.91 Å². The van der Waals surface area contributed by atoms with E-state index >= 15 is 0 Å². The summed E-state index contributed by atoms with van der Waals surface area (Å²) in [6.45, 7) is 1.38. The van der Waals surface area contributed by atoms with Crippen molar-refractivity contribution in [2.45, 2.75) is 24.3 Å². The van der Waals surface area contributed by atoms with Crippen molar-refractivity contribution in [3.63, 3.8) is 0 Å². The molecule has 1 unspecified atom stereocenters. The molecule has 11 heteroatoms. The quantitative estimate of drug-likeness (QED) is 0.577. The van der Waals surface area contributed by atoms with Crippen LogP contribution in [0.25, 0.3) is 0 Å². The number of amides is 1. The molecule has 0 aromatic heterocycles. The number of ether oxygens (including phenoxy) is 1. The number of nitrogens with zero attached hydrogens (tertiary/aromatic N) is 2. The lowest BCUT2D eigenvalue weighted by Crippen LogP contribution is -2.39. The molecule has 0 bridgehead atoms. The number of carbonyl (C=O) groups is 1. The van der Waals surface area contributed by atoms with E-state index in [-0.39, 0.29) is 27.4 Å². The highest BCUT2D eigenvalue weighted by Gasteiger charge is 2.32. The molecule has 28 heavy (non-hydrogen) atoms. The van der Waals surface area contributed by atoms with Crippen molar-refractivity contribution in [1.29, 1.82) is 0 Å². The zero-order valence-corrected chi connectivity index (χ0v) is 16.2. The highest BCUT2D eigenvalue weighted by atomic mass is 35.5. The van der Waals surface area contributed by atoms with Crippen molar-refractivity contribution in [1.82, 2.24) is 0 Å². The van der Waals surface area contributed by atoms with Crippen LogP contribution in [0.4, 0.5) is 11.4 Å². The van der Waals surface area contributed by atoms with Gasteiger partial charge in [-0.15, -0.1) is 0 Å². The third-order valence-corrected chi connectivity index (χ3v) is 5.48. The van der Waals surface area contributed by atoms with E-state index in [1.807, 2.05) is 0 Å². The zero-order valence-electron chi connectivity index (χ0n) is 14.7. The Balaban J connectivity index is 1.81. The molecule has 1 heterocycles. The van der Waals surface area contributed by atoms with Crippen molar-refractivity contribution in [2.24, 2.45) is 5.14 Å². The standard InChI is InChI=1S/C17H16ClN3O6S/c1-10-6-11-7-13(28(19,25)26)3-4-14(11)20(10)17(22)9-27-16-5-2-12(18)8-15(16)21(23)24/h2-5,7-8,10H,6,9H2,1H3,(H2,19,25,26). The second-order valence-electron chi connectivity index (χ2n) is 6.31. The molecule has 2 aromatic rings. The highest BCUT2D eigenvalue weighted by Crippen LogP contribution is 2.34. The molecule has 0 aliphatic carbocycles. The van der Waals surface area contributed by atoms with Crippen molar-refractivity contribution < 1.29 is 22.9 Å². The van der Waals surface area contributed by atoms with E-state index in [0.29, 0.717) is 17.7 Å². The minimum atomic E-state index is -3.85. The number of benzene rings is 2. The lowest BCUT2D eigenvalue weighted by Gasteiger charge is -2.22. The van der Waals surface area contributed by atoms with E-state index in [1.54, 1.807) is 6.92 Å². The second kappa shape index (κ2) is 7.38. The van der Waals surface area contributed by atoms with E-state index in [1.165, 1.54) is 35.2 Å². The molecule has 0 spiro atoms. The molecule has 2 N–H and O–H groups in total. The van der Waals surface area contributed by atoms with E-state index in [9.17, 15) is 23.3 Å². The summed E-state index contributed by atoms with van der Waals surface area (Å²) in [6, 6.07) is 7.95. The van der Waals surface area contributed by atoms with Gasteiger partial charge in [0.05, 0.1) is 9.82 Å². The van der Waals surface area contributed by atoms with Crippen LogP contribution < -0.4 is 14.8 Å². The minimum absolute atomic E-state index is 0.0270. The average Bonchev–Trinajstić information content (AvgIpc) is 2.94. The van der Waals surface area contributed by atoms with Crippen LogP contribution in [-0.2, 0) is 21.2 Å². The second-order valence-corrected chi connectivity index (χ2v) is 8.31. The number of rotatable bonds is 5. The summed E-state index contributed by atoms with van der Waals surface area (Å²) in [5.74, 6) is -0.488. The summed E-state index contributed by atoms with van der Waals surface area (Å²) in [5, 5.41) is 16.4. The number of hydrogen-bond acceptors (Lipinski definition) is 6. The highest BCUT2D eigenvalue weighted by molar-refractivity contribution is 7.89. The maximum Gasteiger partial charge on any atom is 0.312 e. The Hall–Kier alpha value is -2.69. The number of nitro benzene ring substituents is 1. The summed E-state index contributed by atoms with van der Waals surface area (Å²) in [5.41, 5.74) is 0.886. The SMILES string of the molecule is CC1Cc2cc(S(N)(=O)=O)ccc2N1C(=O)COc1ccc(Cl)cc1[N+](=O)[O-]. The number of nitrogens with two attached hydrogens (primary N) is 1. The first-order valence-electron chi connectivity index (χ1n) is 8.12. The Labute approximate surface area is 165 Å². The summed E-state index contributed by atoms with van der Waals surface area (Å²) < 4.78 is 28.4. The number of hydrogen-bond donors (Lipinski definition) is 1. The molecule has 2 aromatic carbocycles. The Morgan fingerprint density at radius 1 is 1.36 bits per heavy atom. The Bertz CT molecular complexity index is 1070. The molecule has 0 radical (unpaired) electrons. The van der Waals surface area contributed by atoms with Gasteiger partial charge < -0.3 is 9.64 Å². The molecule has 1 aliphatic rings. The normalized spacial score (nSPS) is 16.0. The predicted molar refractivity (Wildman–Crippen MR) is 102 cm³/mol. The number of nitro groups is 1. The summed E-state index contributed by atoms with van der Waals surface area (Å²) in [6.07, 6.45) is 0.450. The monoisotopic (exact) mass is 425 g/mol. The molecular weight excluding hydrogens is 410 g/mol. The fourth-order valence-corrected chi connectivity index (χ4v) is 3.86. The fourth-order valence-electron chi connectivity index (χ4n) is 3.13. The summed E-state index contributed by atoms with van der Waals surface area (Å²) in [7, 11) is -3.85. The van der Waals surface area contributed by atoms with E-state index in [4.69, 9.17) is 21.5 Å². The first-order valence-corrected chi connectivity index (χ1v) is 10.0. The number of primary sulfonamides is 1. The van der Waals surface area contributed by atoms with Gasteiger partial charge in [0.1, 0.15) is 0 Å². The van der Waals surface area contributed by atoms with Crippen LogP contribution in [0.15, 0.2) is 41.3 Å². The van der Waals surface area contributed by atoms with Crippen LogP contribution in [0.3, 0.4) is 0 Å². The smallest absolute Gasteiger partial charge is 0.312 e. The molecule has 148 valence electrons. The first kappa shape index (κ1) is 20.1. The Morgan fingerprint density at radius 2 is 2.07 bits per heavy atom. The van der Waals surface area contributed by atoms with Gasteiger partial charge in [0.2, 0.25) is 10.0 Å². The number of sulfonamides is 1. The third kappa shape index (κ3) is 3.93. The van der Waals surface area contributed by atoms with Crippen molar-refractivity contribution >= 4 is 38.9 Å². The van der Waals surface area contributed by atoms with Crippen LogP contribution >= 0.6 is 11.6 Å². The van der Waals surface area contributed by atoms with Gasteiger partial charge in [-0.2, -0.15) is 0 Å². The van der Waals surface area contributed by atoms with Crippen molar-refractivity contribution in [2.75, 3.05) is 11.5 Å². The Kier molecular flexibility index (Phi) is 5.28. The third-order valence-electron chi connectivity index (χ3n) is 4.33. The molecule has 0 fully saturated rings. The first-order chi connectivity index (χ1) is 13.1. The number of halogens is 1. The molecule has 0 saturated heterocycles. The van der Waals surface area contributed by atoms with Crippen LogP contribution in [-0.4, -0.2) is 31.9 Å². The summed E-state index contributed by atoms with van der Waals surface area (Å²) in [4.78, 5) is 24.6. The van der Waals surface area contributed by atoms with Crippen molar-refractivity contribution in [3.05, 3.63) is 57.1 Å². The molecular formula is C17H16ClN3O6S. The molecule has 0 saturated carbocycles. The van der Waals surface area contributed by atoms with Gasteiger partial charge in [-0.3, -0.25) is 14.9 Å². The molecule has 1 amide bonds. The minimum Gasteiger partial charge on any atom is -0.477 e. The number of fused-ring (bicyclic) bond motifs is 1. The van der Waals surface area contributed by atoms with Gasteiger partial charge in [-0.05, 0) is 49.2 Å². The van der Waals surface area contributed by atoms with Crippen LogP contribution in [0.2, 0.25) is 5.02 Å². The van der Waals surface area contributed by atoms with Gasteiger partial charge in [-0.25, -0.2) is 13.6 Å². The maximum atomic E-state index is 12.7. The van der Waals surface area contributed by atoms with Crippen LogP contribution in [0.1, 0.15) is 12.5 Å². The lowest BCUT2D eigenvalue weighted by molar-refractivity contribution is -0.385. The van der Waals surface area contributed by atoms with Gasteiger partial charge >= 0.3 is 5.69 Å². The topological polar surface area (TPSA) is 133 Å². The Morgan fingerprint density at radius 3 is 2.71 bits per heavy atom. The fraction of sp³-hybridized carbons (Fsp3) is 0.235. The lowest BCUT2D eigenvalue weighted by atomic mass is 10.1. The van der Waals surface area contributed by atoms with Gasteiger partial charge in [-0.1, -0.05) is 11.6 Å². The van der Waals surface area contributed by atoms with Gasteiger partial charge in [0, 0.05) is 22.8 Å². The number of carbonyl (C=O) groups excluding carboxylic acids is 1. The maximum absolute atomic E-state index is 12.7. The molecule has 3 rings (SSSR count). The van der Waals surface area contributed by atoms with Crippen LogP contribution in [0, 0.1) is 10.1 Å². The largest absolute Gasteiger partial charge is 0.477 e. The molecule has 1 atom stereocenters. The van der Waals surface area contributed by atoms with Gasteiger partial charge in [0.15, 0.2) is 12.4 Å². The van der Waals surface area contributed by atoms with E-state index in [0.717, 1.165) is 6.07 Å². The van der Waals surface area contributed by atoms with Crippen molar-refractivity contribution in [3.8, 4) is 5.75 Å². The summed E-state index contributed by atoms with van der Waals surface area (Å²) >= 11 is 5.76. The van der Waals surface area contributed by atoms with Crippen LogP contribution in [0.5, 0.6) is 5.75 Å². The van der Waals surface area contributed by atoms with E-state index < -0.39 is 27.5 Å². The molecule has 9 nitrogen and oxygen atoms in total. The van der Waals surface area contributed by atoms with E-state index in [2.05, 4.69) is 0 Å². The average molecular weight is 426 g/mol.